The highest BCUT2D eigenvalue weighted by atomic mass is 16.5. The summed E-state index contributed by atoms with van der Waals surface area (Å²) in [5.41, 5.74) is 11.4. The molecule has 0 unspecified atom stereocenters. The molecule has 3 nitrogen and oxygen atoms in total. The second kappa shape index (κ2) is 4.69. The molecule has 1 heterocycles. The van der Waals surface area contributed by atoms with Gasteiger partial charge in [0.05, 0.1) is 7.11 Å². The molecule has 0 aliphatic rings. The van der Waals surface area contributed by atoms with Gasteiger partial charge in [-0.25, -0.2) is 4.98 Å². The monoisotopic (exact) mass is 242 g/mol. The lowest BCUT2D eigenvalue weighted by molar-refractivity contribution is 0.411. The SMILES string of the molecule is COc1cc(C)c(-c2cc(C)cnc2N)cc1C. The Labute approximate surface area is 108 Å². The van der Waals surface area contributed by atoms with Crippen LogP contribution in [0.3, 0.4) is 0 Å². The maximum atomic E-state index is 5.97. The smallest absolute Gasteiger partial charge is 0.131 e. The van der Waals surface area contributed by atoms with Crippen molar-refractivity contribution in [3.63, 3.8) is 0 Å². The van der Waals surface area contributed by atoms with Gasteiger partial charge in [0, 0.05) is 11.8 Å². The minimum atomic E-state index is 0.563. The van der Waals surface area contributed by atoms with Crippen LogP contribution in [0, 0.1) is 20.8 Å². The maximum absolute atomic E-state index is 5.97. The van der Waals surface area contributed by atoms with Crippen LogP contribution in [0.25, 0.3) is 11.1 Å². The molecule has 0 atom stereocenters. The van der Waals surface area contributed by atoms with Crippen LogP contribution < -0.4 is 10.5 Å². The first kappa shape index (κ1) is 12.4. The Hall–Kier alpha value is -2.03. The normalized spacial score (nSPS) is 10.4. The van der Waals surface area contributed by atoms with Crippen molar-refractivity contribution in [3.05, 3.63) is 41.1 Å². The van der Waals surface area contributed by atoms with Gasteiger partial charge in [-0.3, -0.25) is 0 Å². The number of anilines is 1. The fraction of sp³-hybridized carbons (Fsp3) is 0.267. The summed E-state index contributed by atoms with van der Waals surface area (Å²) in [6.07, 6.45) is 1.78. The number of hydrogen-bond acceptors (Lipinski definition) is 3. The van der Waals surface area contributed by atoms with E-state index in [1.807, 2.05) is 19.9 Å². The van der Waals surface area contributed by atoms with Gasteiger partial charge in [0.1, 0.15) is 11.6 Å². The molecule has 0 aliphatic heterocycles. The second-order valence-electron chi connectivity index (χ2n) is 4.58. The Kier molecular flexibility index (Phi) is 3.24. The molecule has 1 aromatic heterocycles. The van der Waals surface area contributed by atoms with Gasteiger partial charge in [0.15, 0.2) is 0 Å². The zero-order valence-corrected chi connectivity index (χ0v) is 11.2. The number of nitrogens with two attached hydrogens (primary N) is 1. The predicted octanol–water partition coefficient (Wildman–Crippen LogP) is 3.26. The molecule has 1 aromatic carbocycles. The van der Waals surface area contributed by atoms with Crippen LogP contribution in [-0.2, 0) is 0 Å². The average Bonchev–Trinajstić information content (AvgIpc) is 2.35. The van der Waals surface area contributed by atoms with Crippen molar-refractivity contribution < 1.29 is 4.74 Å². The molecule has 0 spiro atoms. The van der Waals surface area contributed by atoms with Crippen LogP contribution in [0.5, 0.6) is 5.75 Å². The summed E-state index contributed by atoms with van der Waals surface area (Å²) in [6, 6.07) is 6.20. The highest BCUT2D eigenvalue weighted by molar-refractivity contribution is 5.77. The third kappa shape index (κ3) is 2.16. The van der Waals surface area contributed by atoms with Gasteiger partial charge in [-0.1, -0.05) is 0 Å². The van der Waals surface area contributed by atoms with Crippen molar-refractivity contribution in [2.75, 3.05) is 12.8 Å². The molecule has 0 fully saturated rings. The molecule has 0 amide bonds. The van der Waals surface area contributed by atoms with E-state index in [4.69, 9.17) is 10.5 Å². The fourth-order valence-corrected chi connectivity index (χ4v) is 2.10. The first-order chi connectivity index (χ1) is 8.52. The topological polar surface area (TPSA) is 48.1 Å². The molecule has 0 aliphatic carbocycles. The Morgan fingerprint density at radius 1 is 1.00 bits per heavy atom. The molecule has 0 saturated carbocycles. The number of pyridine rings is 1. The lowest BCUT2D eigenvalue weighted by Gasteiger charge is -2.13. The number of aromatic nitrogens is 1. The summed E-state index contributed by atoms with van der Waals surface area (Å²) < 4.78 is 5.32. The Bertz CT molecular complexity index is 591. The van der Waals surface area contributed by atoms with Crippen molar-refractivity contribution in [1.29, 1.82) is 0 Å². The fourth-order valence-electron chi connectivity index (χ4n) is 2.10. The van der Waals surface area contributed by atoms with E-state index < -0.39 is 0 Å². The van der Waals surface area contributed by atoms with E-state index in [2.05, 4.69) is 24.0 Å². The van der Waals surface area contributed by atoms with Gasteiger partial charge in [-0.2, -0.15) is 0 Å². The molecule has 2 aromatic rings. The summed E-state index contributed by atoms with van der Waals surface area (Å²) in [4.78, 5) is 4.21. The van der Waals surface area contributed by atoms with Gasteiger partial charge in [-0.05, 0) is 61.2 Å². The average molecular weight is 242 g/mol. The molecular weight excluding hydrogens is 224 g/mol. The predicted molar refractivity (Wildman–Crippen MR) is 74.8 cm³/mol. The van der Waals surface area contributed by atoms with Gasteiger partial charge < -0.3 is 10.5 Å². The summed E-state index contributed by atoms with van der Waals surface area (Å²) in [6.45, 7) is 6.10. The molecule has 0 saturated heterocycles. The number of benzene rings is 1. The number of ether oxygens (including phenoxy) is 1. The number of aryl methyl sites for hydroxylation is 3. The van der Waals surface area contributed by atoms with Crippen LogP contribution in [0.1, 0.15) is 16.7 Å². The van der Waals surface area contributed by atoms with E-state index in [0.29, 0.717) is 5.82 Å². The first-order valence-corrected chi connectivity index (χ1v) is 5.90. The van der Waals surface area contributed by atoms with Crippen LogP contribution >= 0.6 is 0 Å². The Morgan fingerprint density at radius 2 is 1.72 bits per heavy atom. The van der Waals surface area contributed by atoms with Crippen molar-refractivity contribution in [1.82, 2.24) is 4.98 Å². The molecule has 18 heavy (non-hydrogen) atoms. The van der Waals surface area contributed by atoms with E-state index in [0.717, 1.165) is 33.6 Å². The number of methoxy groups -OCH3 is 1. The van der Waals surface area contributed by atoms with E-state index in [9.17, 15) is 0 Å². The number of nitrogen functional groups attached to an aromatic ring is 1. The van der Waals surface area contributed by atoms with E-state index in [1.165, 1.54) is 0 Å². The summed E-state index contributed by atoms with van der Waals surface area (Å²) in [5, 5.41) is 0. The molecule has 0 bridgehead atoms. The largest absolute Gasteiger partial charge is 0.496 e. The number of nitrogens with zero attached hydrogens (tertiary/aromatic N) is 1. The lowest BCUT2D eigenvalue weighted by Crippen LogP contribution is -1.97. The maximum Gasteiger partial charge on any atom is 0.131 e. The van der Waals surface area contributed by atoms with E-state index in [-0.39, 0.29) is 0 Å². The Balaban J connectivity index is 2.64. The minimum absolute atomic E-state index is 0.563. The van der Waals surface area contributed by atoms with Crippen LogP contribution in [0.15, 0.2) is 24.4 Å². The van der Waals surface area contributed by atoms with Crippen molar-refractivity contribution >= 4 is 5.82 Å². The highest BCUT2D eigenvalue weighted by Gasteiger charge is 2.10. The Morgan fingerprint density at radius 3 is 2.39 bits per heavy atom. The number of rotatable bonds is 2. The van der Waals surface area contributed by atoms with Crippen molar-refractivity contribution in [2.24, 2.45) is 0 Å². The molecule has 94 valence electrons. The van der Waals surface area contributed by atoms with Gasteiger partial charge in [-0.15, -0.1) is 0 Å². The third-order valence-electron chi connectivity index (χ3n) is 3.09. The van der Waals surface area contributed by atoms with Crippen LogP contribution in [0.2, 0.25) is 0 Å². The van der Waals surface area contributed by atoms with E-state index >= 15 is 0 Å². The van der Waals surface area contributed by atoms with Crippen LogP contribution in [-0.4, -0.2) is 12.1 Å². The van der Waals surface area contributed by atoms with Crippen LogP contribution in [0.4, 0.5) is 5.82 Å². The molecule has 2 N–H and O–H groups in total. The summed E-state index contributed by atoms with van der Waals surface area (Å²) in [5.74, 6) is 1.46. The zero-order valence-electron chi connectivity index (χ0n) is 11.2. The highest BCUT2D eigenvalue weighted by Crippen LogP contribution is 2.32. The van der Waals surface area contributed by atoms with E-state index in [1.54, 1.807) is 13.3 Å². The quantitative estimate of drug-likeness (QED) is 0.879. The minimum Gasteiger partial charge on any atom is -0.496 e. The van der Waals surface area contributed by atoms with Gasteiger partial charge >= 0.3 is 0 Å². The zero-order chi connectivity index (χ0) is 13.3. The first-order valence-electron chi connectivity index (χ1n) is 5.90. The second-order valence-corrected chi connectivity index (χ2v) is 4.58. The van der Waals surface area contributed by atoms with Crippen molar-refractivity contribution in [2.45, 2.75) is 20.8 Å². The molecule has 0 radical (unpaired) electrons. The number of hydrogen-bond donors (Lipinski definition) is 1. The molecule has 3 heteroatoms. The van der Waals surface area contributed by atoms with Gasteiger partial charge in [0.25, 0.3) is 0 Å². The molecule has 2 rings (SSSR count). The summed E-state index contributed by atoms with van der Waals surface area (Å²) in [7, 11) is 1.68. The van der Waals surface area contributed by atoms with Crippen molar-refractivity contribution in [3.8, 4) is 16.9 Å². The van der Waals surface area contributed by atoms with Gasteiger partial charge in [0.2, 0.25) is 0 Å². The standard InChI is InChI=1S/C15H18N2O/c1-9-5-13(15(16)17-8-9)12-6-11(3)14(18-4)7-10(12)2/h5-8H,1-4H3,(H2,16,17). The molecular formula is C15H18N2O. The lowest BCUT2D eigenvalue weighted by atomic mass is 9.97. The third-order valence-corrected chi connectivity index (χ3v) is 3.09. The summed E-state index contributed by atoms with van der Waals surface area (Å²) >= 11 is 0.